The zero-order valence-corrected chi connectivity index (χ0v) is 18.7. The first-order chi connectivity index (χ1) is 16.7. The van der Waals surface area contributed by atoms with Gasteiger partial charge in [-0.05, 0) is 74.0 Å². The van der Waals surface area contributed by atoms with E-state index in [-0.39, 0.29) is 24.0 Å². The fourth-order valence-corrected chi connectivity index (χ4v) is 3.36. The fourth-order valence-electron chi connectivity index (χ4n) is 3.36. The molecular weight excluding hydrogens is 464 g/mol. The number of amides is 1. The van der Waals surface area contributed by atoms with E-state index in [9.17, 15) is 22.4 Å². The summed E-state index contributed by atoms with van der Waals surface area (Å²) in [5, 5.41) is 7.00. The molecule has 4 rings (SSSR count). The van der Waals surface area contributed by atoms with E-state index in [2.05, 4.69) is 15.4 Å². The molecule has 0 radical (unpaired) electrons. The lowest BCUT2D eigenvalue weighted by Crippen LogP contribution is -2.12. The van der Waals surface area contributed by atoms with Crippen molar-refractivity contribution in [2.75, 3.05) is 11.9 Å². The number of nitrogens with one attached hydrogen (secondary N) is 1. The van der Waals surface area contributed by atoms with E-state index in [0.29, 0.717) is 22.5 Å². The van der Waals surface area contributed by atoms with Crippen LogP contribution in [0, 0.1) is 12.7 Å². The second kappa shape index (κ2) is 9.57. The summed E-state index contributed by atoms with van der Waals surface area (Å²) < 4.78 is 59.9. The minimum absolute atomic E-state index is 0.0176. The van der Waals surface area contributed by atoms with Gasteiger partial charge in [0.05, 0.1) is 17.9 Å². The normalized spacial score (nSPS) is 11.4. The van der Waals surface area contributed by atoms with Crippen LogP contribution in [0.25, 0.3) is 17.1 Å². The lowest BCUT2D eigenvalue weighted by Gasteiger charge is -2.10. The SMILES string of the molecule is CCOc1nc(-c2cccc(C(F)(F)F)c2)n(-c2ccc(NC(=O)c3ccc(F)c(C)c3)cc2)n1. The molecular formula is C25H20F4N4O2. The summed E-state index contributed by atoms with van der Waals surface area (Å²) in [4.78, 5) is 16.7. The lowest BCUT2D eigenvalue weighted by molar-refractivity contribution is -0.137. The highest BCUT2D eigenvalue weighted by Crippen LogP contribution is 2.33. The number of anilines is 1. The molecule has 10 heteroatoms. The molecule has 0 atom stereocenters. The number of ether oxygens (including phenoxy) is 1. The Morgan fingerprint density at radius 1 is 1.06 bits per heavy atom. The van der Waals surface area contributed by atoms with Crippen molar-refractivity contribution in [3.05, 3.63) is 89.2 Å². The number of hydrogen-bond acceptors (Lipinski definition) is 4. The summed E-state index contributed by atoms with van der Waals surface area (Å²) in [5.41, 5.74) is 1.01. The zero-order chi connectivity index (χ0) is 25.2. The van der Waals surface area contributed by atoms with Crippen LogP contribution in [0.15, 0.2) is 66.7 Å². The molecule has 0 aliphatic rings. The highest BCUT2D eigenvalue weighted by atomic mass is 19.4. The molecule has 0 bridgehead atoms. The van der Waals surface area contributed by atoms with Crippen molar-refractivity contribution in [2.24, 2.45) is 0 Å². The molecule has 0 aliphatic heterocycles. The van der Waals surface area contributed by atoms with E-state index in [1.54, 1.807) is 38.1 Å². The van der Waals surface area contributed by atoms with E-state index >= 15 is 0 Å². The van der Waals surface area contributed by atoms with E-state index in [4.69, 9.17) is 4.74 Å². The maximum Gasteiger partial charge on any atom is 0.416 e. The predicted octanol–water partition coefficient (Wildman–Crippen LogP) is 6.05. The molecule has 180 valence electrons. The molecule has 0 spiro atoms. The maximum absolute atomic E-state index is 13.5. The molecule has 0 unspecified atom stereocenters. The highest BCUT2D eigenvalue weighted by Gasteiger charge is 2.31. The van der Waals surface area contributed by atoms with Crippen LogP contribution >= 0.6 is 0 Å². The molecule has 3 aromatic carbocycles. The number of nitrogens with zero attached hydrogens (tertiary/aromatic N) is 3. The topological polar surface area (TPSA) is 69.0 Å². The van der Waals surface area contributed by atoms with Crippen molar-refractivity contribution in [2.45, 2.75) is 20.0 Å². The smallest absolute Gasteiger partial charge is 0.416 e. The van der Waals surface area contributed by atoms with Crippen LogP contribution in [0.1, 0.15) is 28.4 Å². The Bertz CT molecular complexity index is 1360. The summed E-state index contributed by atoms with van der Waals surface area (Å²) in [6.45, 7) is 3.59. The van der Waals surface area contributed by atoms with Gasteiger partial charge in [-0.1, -0.05) is 12.1 Å². The van der Waals surface area contributed by atoms with Crippen molar-refractivity contribution in [1.82, 2.24) is 14.8 Å². The summed E-state index contributed by atoms with van der Waals surface area (Å²) in [6.07, 6.45) is -4.51. The van der Waals surface area contributed by atoms with Crippen LogP contribution in [-0.2, 0) is 6.18 Å². The first-order valence-electron chi connectivity index (χ1n) is 10.6. The van der Waals surface area contributed by atoms with Gasteiger partial charge in [-0.3, -0.25) is 4.79 Å². The zero-order valence-electron chi connectivity index (χ0n) is 18.7. The van der Waals surface area contributed by atoms with Gasteiger partial charge < -0.3 is 10.1 Å². The van der Waals surface area contributed by atoms with Gasteiger partial charge in [0.25, 0.3) is 5.91 Å². The summed E-state index contributed by atoms with van der Waals surface area (Å²) in [6, 6.07) is 15.3. The van der Waals surface area contributed by atoms with Crippen molar-refractivity contribution in [3.8, 4) is 23.1 Å². The number of halogens is 4. The van der Waals surface area contributed by atoms with Gasteiger partial charge in [0.2, 0.25) is 0 Å². The molecule has 35 heavy (non-hydrogen) atoms. The number of carbonyl (C=O) groups is 1. The van der Waals surface area contributed by atoms with Gasteiger partial charge in [0.1, 0.15) is 5.82 Å². The van der Waals surface area contributed by atoms with Gasteiger partial charge in [0.15, 0.2) is 5.82 Å². The monoisotopic (exact) mass is 484 g/mol. The van der Waals surface area contributed by atoms with E-state index in [0.717, 1.165) is 12.1 Å². The number of hydrogen-bond donors (Lipinski definition) is 1. The Kier molecular flexibility index (Phi) is 6.54. The summed E-state index contributed by atoms with van der Waals surface area (Å²) in [7, 11) is 0. The van der Waals surface area contributed by atoms with E-state index in [1.807, 2.05) is 0 Å². The van der Waals surface area contributed by atoms with Crippen LogP contribution in [0.4, 0.5) is 23.2 Å². The Balaban J connectivity index is 1.64. The van der Waals surface area contributed by atoms with Crippen LogP contribution in [0.5, 0.6) is 6.01 Å². The van der Waals surface area contributed by atoms with Gasteiger partial charge >= 0.3 is 12.2 Å². The second-order valence-electron chi connectivity index (χ2n) is 7.61. The molecule has 1 N–H and O–H groups in total. The third kappa shape index (κ3) is 5.32. The molecule has 1 heterocycles. The van der Waals surface area contributed by atoms with Gasteiger partial charge in [0, 0.05) is 16.8 Å². The quantitative estimate of drug-likeness (QED) is 0.338. The first kappa shape index (κ1) is 23.9. The van der Waals surface area contributed by atoms with Crippen LogP contribution in [-0.4, -0.2) is 27.3 Å². The average Bonchev–Trinajstić information content (AvgIpc) is 3.25. The molecule has 0 fully saturated rings. The number of aryl methyl sites for hydroxylation is 1. The van der Waals surface area contributed by atoms with E-state index < -0.39 is 23.5 Å². The maximum atomic E-state index is 13.5. The fraction of sp³-hybridized carbons (Fsp3) is 0.160. The Morgan fingerprint density at radius 2 is 1.80 bits per heavy atom. The average molecular weight is 484 g/mol. The van der Waals surface area contributed by atoms with Gasteiger partial charge in [-0.25, -0.2) is 9.07 Å². The standard InChI is InChI=1S/C25H20F4N4O2/c1-3-35-24-31-22(16-5-4-6-18(14-16)25(27,28)29)33(32-24)20-10-8-19(9-11-20)30-23(34)17-7-12-21(26)15(2)13-17/h4-14H,3H2,1-2H3,(H,30,34). The van der Waals surface area contributed by atoms with Crippen LogP contribution in [0.2, 0.25) is 0 Å². The van der Waals surface area contributed by atoms with Crippen molar-refractivity contribution < 1.29 is 27.1 Å². The molecule has 4 aromatic rings. The molecule has 1 aromatic heterocycles. The lowest BCUT2D eigenvalue weighted by atomic mass is 10.1. The Labute approximate surface area is 198 Å². The minimum Gasteiger partial charge on any atom is -0.463 e. The van der Waals surface area contributed by atoms with Gasteiger partial charge in [-0.15, -0.1) is 5.10 Å². The third-order valence-corrected chi connectivity index (χ3v) is 5.10. The Hall–Kier alpha value is -4.21. The number of carbonyl (C=O) groups excluding carboxylic acids is 1. The molecule has 1 amide bonds. The largest absolute Gasteiger partial charge is 0.463 e. The third-order valence-electron chi connectivity index (χ3n) is 5.10. The van der Waals surface area contributed by atoms with Crippen molar-refractivity contribution >= 4 is 11.6 Å². The predicted molar refractivity (Wildman–Crippen MR) is 122 cm³/mol. The van der Waals surface area contributed by atoms with Crippen molar-refractivity contribution in [1.29, 1.82) is 0 Å². The number of rotatable bonds is 6. The van der Waals surface area contributed by atoms with Crippen LogP contribution in [0.3, 0.4) is 0 Å². The van der Waals surface area contributed by atoms with Crippen molar-refractivity contribution in [3.63, 3.8) is 0 Å². The molecule has 0 saturated carbocycles. The number of alkyl halides is 3. The van der Waals surface area contributed by atoms with Crippen LogP contribution < -0.4 is 10.1 Å². The van der Waals surface area contributed by atoms with Gasteiger partial charge in [-0.2, -0.15) is 18.2 Å². The minimum atomic E-state index is -4.51. The summed E-state index contributed by atoms with van der Waals surface area (Å²) in [5.74, 6) is -0.648. The second-order valence-corrected chi connectivity index (χ2v) is 7.61. The summed E-state index contributed by atoms with van der Waals surface area (Å²) >= 11 is 0. The molecule has 0 aliphatic carbocycles. The highest BCUT2D eigenvalue weighted by molar-refractivity contribution is 6.04. The van der Waals surface area contributed by atoms with E-state index in [1.165, 1.54) is 35.0 Å². The first-order valence-corrected chi connectivity index (χ1v) is 10.6. The Morgan fingerprint density at radius 3 is 2.46 bits per heavy atom. The molecule has 6 nitrogen and oxygen atoms in total. The number of benzene rings is 3. The number of aromatic nitrogens is 3. The molecule has 0 saturated heterocycles.